The van der Waals surface area contributed by atoms with E-state index in [2.05, 4.69) is 15.0 Å². The number of H-pyrrole nitrogens is 1. The number of imidazole rings is 2. The largest absolute Gasteiger partial charge is 0.454 e. The molecule has 4 aromatic rings. The fourth-order valence-electron chi connectivity index (χ4n) is 3.95. The number of thioether (sulfide) groups is 1. The summed E-state index contributed by atoms with van der Waals surface area (Å²) in [6.45, 7) is 4.84. The number of aromatic amines is 1. The summed E-state index contributed by atoms with van der Waals surface area (Å²) in [5, 5.41) is 0.808. The molecule has 0 aliphatic rings. The summed E-state index contributed by atoms with van der Waals surface area (Å²) in [6, 6.07) is 7.10. The first-order chi connectivity index (χ1) is 17.0. The van der Waals surface area contributed by atoms with Gasteiger partial charge in [-0.1, -0.05) is 38.1 Å². The van der Waals surface area contributed by atoms with E-state index in [-0.39, 0.29) is 6.61 Å². The summed E-state index contributed by atoms with van der Waals surface area (Å²) in [4.78, 5) is 49.2. The van der Waals surface area contributed by atoms with Crippen molar-refractivity contribution in [1.29, 1.82) is 0 Å². The normalized spacial score (nSPS) is 11.3. The van der Waals surface area contributed by atoms with Crippen LogP contribution in [-0.4, -0.2) is 40.9 Å². The van der Waals surface area contributed by atoms with Gasteiger partial charge in [-0.25, -0.2) is 19.6 Å². The number of hydrogen-bond donors (Lipinski definition) is 1. The van der Waals surface area contributed by atoms with Gasteiger partial charge in [0.05, 0.1) is 5.56 Å². The summed E-state index contributed by atoms with van der Waals surface area (Å²) >= 11 is 1.51. The van der Waals surface area contributed by atoms with Crippen LogP contribution in [0.4, 0.5) is 0 Å². The van der Waals surface area contributed by atoms with Crippen LogP contribution in [-0.2, 0) is 24.4 Å². The highest BCUT2D eigenvalue weighted by Gasteiger charge is 2.20. The van der Waals surface area contributed by atoms with Gasteiger partial charge in [-0.2, -0.15) is 0 Å². The number of nitrogens with zero attached hydrogens (tertiary/aromatic N) is 5. The van der Waals surface area contributed by atoms with Crippen LogP contribution < -0.4 is 11.2 Å². The number of esters is 1. The number of ether oxygens (including phenoxy) is 1. The van der Waals surface area contributed by atoms with Crippen LogP contribution in [0.2, 0.25) is 0 Å². The third kappa shape index (κ3) is 4.95. The lowest BCUT2D eigenvalue weighted by Crippen LogP contribution is -2.31. The molecule has 3 aromatic heterocycles. The van der Waals surface area contributed by atoms with Crippen LogP contribution in [0, 0.1) is 0 Å². The Bertz CT molecular complexity index is 1460. The molecule has 0 radical (unpaired) electrons. The Morgan fingerprint density at radius 2 is 1.97 bits per heavy atom. The highest BCUT2D eigenvalue weighted by Crippen LogP contribution is 2.20. The van der Waals surface area contributed by atoms with Crippen LogP contribution >= 0.6 is 11.8 Å². The predicted octanol–water partition coefficient (Wildman–Crippen LogP) is 3.36. The summed E-state index contributed by atoms with van der Waals surface area (Å²) < 4.78 is 10.7. The molecule has 0 unspecified atom stereocenters. The third-order valence-electron chi connectivity index (χ3n) is 5.63. The molecule has 1 aromatic carbocycles. The average Bonchev–Trinajstić information content (AvgIpc) is 3.48. The van der Waals surface area contributed by atoms with Gasteiger partial charge in [0.2, 0.25) is 0 Å². The summed E-state index contributed by atoms with van der Waals surface area (Å²) in [5.74, 6) is -0.0861. The van der Waals surface area contributed by atoms with Gasteiger partial charge in [-0.15, -0.1) is 0 Å². The Kier molecular flexibility index (Phi) is 7.54. The van der Waals surface area contributed by atoms with Crippen molar-refractivity contribution in [3.8, 4) is 5.69 Å². The number of carbonyl (C=O) groups excluding carboxylic acids is 1. The van der Waals surface area contributed by atoms with E-state index in [4.69, 9.17) is 4.74 Å². The number of nitrogens with one attached hydrogen (secondary N) is 1. The minimum Gasteiger partial charge on any atom is -0.454 e. The lowest BCUT2D eigenvalue weighted by Gasteiger charge is -2.10. The second kappa shape index (κ2) is 10.8. The van der Waals surface area contributed by atoms with E-state index < -0.39 is 17.2 Å². The Balaban J connectivity index is 1.64. The average molecular weight is 497 g/mol. The Morgan fingerprint density at radius 1 is 1.14 bits per heavy atom. The predicted molar refractivity (Wildman–Crippen MR) is 134 cm³/mol. The van der Waals surface area contributed by atoms with Gasteiger partial charge in [-0.3, -0.25) is 18.9 Å². The number of unbranched alkanes of at least 4 members (excludes halogenated alkanes) is 1. The molecule has 35 heavy (non-hydrogen) atoms. The molecule has 0 atom stereocenters. The van der Waals surface area contributed by atoms with Crippen molar-refractivity contribution in [3.63, 3.8) is 0 Å². The molecule has 11 heteroatoms. The number of carbonyl (C=O) groups is 1. The molecule has 1 N–H and O–H groups in total. The first-order valence-corrected chi connectivity index (χ1v) is 12.8. The van der Waals surface area contributed by atoms with Crippen molar-refractivity contribution in [3.05, 3.63) is 68.9 Å². The maximum Gasteiger partial charge on any atom is 0.338 e. The molecule has 0 fully saturated rings. The lowest BCUT2D eigenvalue weighted by molar-refractivity contribution is 0.0458. The van der Waals surface area contributed by atoms with Crippen LogP contribution in [0.25, 0.3) is 16.9 Å². The molecular weight excluding hydrogens is 468 g/mol. The molecule has 10 nitrogen and oxygen atoms in total. The quantitative estimate of drug-likeness (QED) is 0.264. The molecule has 0 bridgehead atoms. The molecular formula is C24H28N6O4S. The molecule has 0 aliphatic heterocycles. The van der Waals surface area contributed by atoms with E-state index in [0.717, 1.165) is 30.1 Å². The zero-order valence-corrected chi connectivity index (χ0v) is 20.8. The van der Waals surface area contributed by atoms with Crippen LogP contribution in [0.5, 0.6) is 0 Å². The van der Waals surface area contributed by atoms with Crippen molar-refractivity contribution in [2.24, 2.45) is 0 Å². The molecule has 0 saturated carbocycles. The third-order valence-corrected chi connectivity index (χ3v) is 6.30. The van der Waals surface area contributed by atoms with Crippen molar-refractivity contribution < 1.29 is 9.53 Å². The second-order valence-electron chi connectivity index (χ2n) is 8.03. The minimum atomic E-state index is -0.509. The Hall–Kier alpha value is -3.60. The molecule has 3 heterocycles. The van der Waals surface area contributed by atoms with Crippen molar-refractivity contribution in [1.82, 2.24) is 28.7 Å². The molecule has 0 aliphatic carbocycles. The van der Waals surface area contributed by atoms with Crippen LogP contribution in [0.1, 0.15) is 49.3 Å². The number of benzene rings is 1. The summed E-state index contributed by atoms with van der Waals surface area (Å²) in [6.07, 6.45) is 7.88. The standard InChI is InChI=1S/C24H28N6O4S/c1-4-6-12-30-20-19(21(31)27-23(30)33)29(11-5-2)18(26-20)15-34-22(32)16-8-7-9-17(14-16)28-13-10-25-24(28)35-3/h7-10,13-14H,4-6,11-12,15H2,1-3H3,(H,27,31,33). The van der Waals surface area contributed by atoms with E-state index >= 15 is 0 Å². The van der Waals surface area contributed by atoms with Crippen LogP contribution in [0.3, 0.4) is 0 Å². The fourth-order valence-corrected chi connectivity index (χ4v) is 4.48. The van der Waals surface area contributed by atoms with E-state index in [1.165, 1.54) is 16.3 Å². The zero-order valence-electron chi connectivity index (χ0n) is 20.0. The van der Waals surface area contributed by atoms with E-state index in [0.29, 0.717) is 35.6 Å². The topological polar surface area (TPSA) is 117 Å². The van der Waals surface area contributed by atoms with E-state index in [1.54, 1.807) is 29.0 Å². The first-order valence-electron chi connectivity index (χ1n) is 11.6. The van der Waals surface area contributed by atoms with Crippen LogP contribution in [0.15, 0.2) is 51.4 Å². The Morgan fingerprint density at radius 3 is 2.71 bits per heavy atom. The lowest BCUT2D eigenvalue weighted by atomic mass is 10.2. The second-order valence-corrected chi connectivity index (χ2v) is 8.80. The van der Waals surface area contributed by atoms with E-state index in [9.17, 15) is 14.4 Å². The van der Waals surface area contributed by atoms with Crippen molar-refractivity contribution >= 4 is 28.9 Å². The maximum atomic E-state index is 12.9. The number of fused-ring (bicyclic) bond motifs is 1. The highest BCUT2D eigenvalue weighted by molar-refractivity contribution is 7.98. The highest BCUT2D eigenvalue weighted by atomic mass is 32.2. The zero-order chi connectivity index (χ0) is 24.9. The number of aromatic nitrogens is 6. The fraction of sp³-hybridized carbons (Fsp3) is 0.375. The molecule has 0 amide bonds. The van der Waals surface area contributed by atoms with Gasteiger partial charge < -0.3 is 9.30 Å². The molecule has 4 rings (SSSR count). The summed E-state index contributed by atoms with van der Waals surface area (Å²) in [7, 11) is 0. The Labute approximate surface area is 206 Å². The molecule has 0 saturated heterocycles. The van der Waals surface area contributed by atoms with Crippen molar-refractivity contribution in [2.75, 3.05) is 6.26 Å². The number of rotatable bonds is 10. The first kappa shape index (κ1) is 24.5. The van der Waals surface area contributed by atoms with E-state index in [1.807, 2.05) is 36.9 Å². The van der Waals surface area contributed by atoms with Gasteiger partial charge in [0.15, 0.2) is 16.3 Å². The molecule has 0 spiro atoms. The minimum absolute atomic E-state index is 0.125. The number of hydrogen-bond acceptors (Lipinski definition) is 7. The van der Waals surface area contributed by atoms with Gasteiger partial charge in [0.1, 0.15) is 12.4 Å². The van der Waals surface area contributed by atoms with Gasteiger partial charge in [0.25, 0.3) is 5.56 Å². The van der Waals surface area contributed by atoms with Crippen molar-refractivity contribution in [2.45, 2.75) is 58.0 Å². The molecule has 184 valence electrons. The van der Waals surface area contributed by atoms with Gasteiger partial charge in [-0.05, 0) is 37.3 Å². The number of aryl methyl sites for hydroxylation is 2. The SMILES string of the molecule is CCCCn1c(=O)[nH]c(=O)c2c1nc(COC(=O)c1cccc(-n3ccnc3SC)c1)n2CCC. The van der Waals surface area contributed by atoms with Gasteiger partial charge >= 0.3 is 11.7 Å². The maximum absolute atomic E-state index is 12.9. The summed E-state index contributed by atoms with van der Waals surface area (Å²) in [5.41, 5.74) is 0.847. The monoisotopic (exact) mass is 496 g/mol. The van der Waals surface area contributed by atoms with Gasteiger partial charge in [0, 0.05) is 31.2 Å². The smallest absolute Gasteiger partial charge is 0.338 e.